The minimum absolute atomic E-state index is 0.0398. The van der Waals surface area contributed by atoms with Crippen LogP contribution in [0.15, 0.2) is 35.7 Å². The van der Waals surface area contributed by atoms with Gasteiger partial charge in [0.2, 0.25) is 5.91 Å². The van der Waals surface area contributed by atoms with E-state index in [0.29, 0.717) is 6.42 Å². The van der Waals surface area contributed by atoms with Gasteiger partial charge in [0.1, 0.15) is 4.90 Å². The Balaban J connectivity index is 2.33. The number of allylic oxidation sites excluding steroid dienone is 1. The lowest BCUT2D eigenvalue weighted by atomic mass is 9.89. The Bertz CT molecular complexity index is 849. The molecule has 0 aromatic heterocycles. The number of rotatable bonds is 7. The first kappa shape index (κ1) is 20.5. The number of ether oxygens (including phenoxy) is 1. The third-order valence-electron chi connectivity index (χ3n) is 4.76. The molecule has 1 aliphatic rings. The Morgan fingerprint density at radius 3 is 2.62 bits per heavy atom. The fraction of sp³-hybridized carbons (Fsp3) is 0.444. The maximum Gasteiger partial charge on any atom is 0.338 e. The summed E-state index contributed by atoms with van der Waals surface area (Å²) in [4.78, 5) is 24.2. The van der Waals surface area contributed by atoms with Gasteiger partial charge in [-0.2, -0.15) is 0 Å². The molecule has 0 spiro atoms. The smallest absolute Gasteiger partial charge is 0.338 e. The monoisotopic (exact) mass is 399 g/mol. The van der Waals surface area contributed by atoms with Crippen molar-refractivity contribution in [2.45, 2.75) is 32.1 Å². The van der Waals surface area contributed by atoms with Gasteiger partial charge < -0.3 is 4.74 Å². The van der Waals surface area contributed by atoms with Gasteiger partial charge in [-0.1, -0.05) is 31.5 Å². The summed E-state index contributed by atoms with van der Waals surface area (Å²) in [5, 5.41) is -0.0898. The molecule has 6 nitrogen and oxygen atoms in total. The largest absolute Gasteiger partial charge is 0.462 e. The lowest BCUT2D eigenvalue weighted by Gasteiger charge is -2.20. The summed E-state index contributed by atoms with van der Waals surface area (Å²) in [6.07, 6.45) is 2.21. The number of carbonyl (C=O) groups excluding carboxylic acids is 2. The molecule has 1 fully saturated rings. The molecule has 0 radical (unpaired) electrons. The highest BCUT2D eigenvalue weighted by Crippen LogP contribution is 2.58. The summed E-state index contributed by atoms with van der Waals surface area (Å²) in [7, 11) is -4.24. The number of amides is 1. The summed E-state index contributed by atoms with van der Waals surface area (Å²) in [5.74, 6) is -1.38. The van der Waals surface area contributed by atoms with Crippen LogP contribution >= 0.6 is 11.6 Å². The topological polar surface area (TPSA) is 89.5 Å². The average Bonchev–Trinajstić information content (AvgIpc) is 3.31. The van der Waals surface area contributed by atoms with Crippen molar-refractivity contribution >= 4 is 33.5 Å². The van der Waals surface area contributed by atoms with Gasteiger partial charge in [-0.25, -0.2) is 17.9 Å². The van der Waals surface area contributed by atoms with Crippen LogP contribution in [0.3, 0.4) is 0 Å². The van der Waals surface area contributed by atoms with E-state index in [9.17, 15) is 18.0 Å². The van der Waals surface area contributed by atoms with Gasteiger partial charge in [-0.15, -0.1) is 6.58 Å². The van der Waals surface area contributed by atoms with E-state index < -0.39 is 27.3 Å². The van der Waals surface area contributed by atoms with Gasteiger partial charge >= 0.3 is 5.97 Å². The number of hydrogen-bond acceptors (Lipinski definition) is 5. The SMILES string of the molecule is C=C[C@@H]1C[C@@]1(C(=O)NS(=O)(=O)c1cc(C(=O)OCC)ccc1Cl)C(C)C. The molecule has 142 valence electrons. The van der Waals surface area contributed by atoms with Crippen LogP contribution in [0, 0.1) is 17.3 Å². The van der Waals surface area contributed by atoms with E-state index in [1.165, 1.54) is 12.1 Å². The number of nitrogens with one attached hydrogen (secondary N) is 1. The van der Waals surface area contributed by atoms with E-state index in [-0.39, 0.29) is 33.9 Å². The maximum absolute atomic E-state index is 12.7. The Hall–Kier alpha value is -1.86. The number of carbonyl (C=O) groups is 2. The normalized spacial score (nSPS) is 22.0. The number of halogens is 1. The van der Waals surface area contributed by atoms with E-state index in [1.54, 1.807) is 13.0 Å². The minimum Gasteiger partial charge on any atom is -0.462 e. The second kappa shape index (κ2) is 7.40. The van der Waals surface area contributed by atoms with Crippen molar-refractivity contribution in [1.29, 1.82) is 0 Å². The molecule has 0 unspecified atom stereocenters. The fourth-order valence-electron chi connectivity index (χ4n) is 3.11. The molecular formula is C18H22ClNO5S. The summed E-state index contributed by atoms with van der Waals surface area (Å²) in [5.41, 5.74) is -0.752. The van der Waals surface area contributed by atoms with E-state index in [4.69, 9.17) is 16.3 Å². The Morgan fingerprint density at radius 1 is 1.46 bits per heavy atom. The van der Waals surface area contributed by atoms with Crippen LogP contribution in [0.5, 0.6) is 0 Å². The quantitative estimate of drug-likeness (QED) is 0.561. The molecule has 1 amide bonds. The highest BCUT2D eigenvalue weighted by Gasteiger charge is 2.60. The number of esters is 1. The Labute approximate surface area is 158 Å². The van der Waals surface area contributed by atoms with Gasteiger partial charge in [-0.3, -0.25) is 4.79 Å². The first-order valence-corrected chi connectivity index (χ1v) is 10.1. The van der Waals surface area contributed by atoms with Crippen LogP contribution in [0.4, 0.5) is 0 Å². The second-order valence-corrected chi connectivity index (χ2v) is 8.60. The number of benzene rings is 1. The van der Waals surface area contributed by atoms with Crippen LogP contribution in [0.1, 0.15) is 37.6 Å². The van der Waals surface area contributed by atoms with Crippen molar-refractivity contribution in [3.63, 3.8) is 0 Å². The van der Waals surface area contributed by atoms with Crippen molar-refractivity contribution in [3.05, 3.63) is 41.4 Å². The molecule has 0 saturated heterocycles. The van der Waals surface area contributed by atoms with E-state index >= 15 is 0 Å². The molecule has 0 heterocycles. The lowest BCUT2D eigenvalue weighted by Crippen LogP contribution is -2.40. The summed E-state index contributed by atoms with van der Waals surface area (Å²) < 4.78 is 32.4. The molecule has 8 heteroatoms. The van der Waals surface area contributed by atoms with Gasteiger partial charge in [0.25, 0.3) is 10.0 Å². The van der Waals surface area contributed by atoms with Crippen LogP contribution in [0.2, 0.25) is 5.02 Å². The fourth-order valence-corrected chi connectivity index (χ4v) is 4.68. The molecular weight excluding hydrogens is 378 g/mol. The van der Waals surface area contributed by atoms with Gasteiger partial charge in [-0.05, 0) is 43.4 Å². The van der Waals surface area contributed by atoms with Crippen LogP contribution in [-0.4, -0.2) is 26.9 Å². The Morgan fingerprint density at radius 2 is 2.12 bits per heavy atom. The van der Waals surface area contributed by atoms with E-state index in [0.717, 1.165) is 6.07 Å². The summed E-state index contributed by atoms with van der Waals surface area (Å²) in [6.45, 7) is 9.22. The zero-order valence-electron chi connectivity index (χ0n) is 14.9. The first-order chi connectivity index (χ1) is 12.1. The van der Waals surface area contributed by atoms with Gasteiger partial charge in [0.05, 0.1) is 22.6 Å². The predicted octanol–water partition coefficient (Wildman–Crippen LogP) is 3.17. The third kappa shape index (κ3) is 3.64. The molecule has 2 rings (SSSR count). The van der Waals surface area contributed by atoms with Crippen molar-refractivity contribution < 1.29 is 22.7 Å². The molecule has 1 aliphatic carbocycles. The molecule has 0 bridgehead atoms. The lowest BCUT2D eigenvalue weighted by molar-refractivity contribution is -0.126. The second-order valence-electron chi connectivity index (χ2n) is 6.54. The summed E-state index contributed by atoms with van der Waals surface area (Å²) >= 11 is 6.00. The predicted molar refractivity (Wildman–Crippen MR) is 98.3 cm³/mol. The highest BCUT2D eigenvalue weighted by molar-refractivity contribution is 7.90. The van der Waals surface area contributed by atoms with Crippen LogP contribution in [0.25, 0.3) is 0 Å². The minimum atomic E-state index is -4.24. The van der Waals surface area contributed by atoms with Crippen molar-refractivity contribution in [1.82, 2.24) is 4.72 Å². The maximum atomic E-state index is 12.7. The van der Waals surface area contributed by atoms with Gasteiger partial charge in [0.15, 0.2) is 0 Å². The molecule has 26 heavy (non-hydrogen) atoms. The molecule has 1 N–H and O–H groups in total. The van der Waals surface area contributed by atoms with Crippen LogP contribution < -0.4 is 4.72 Å². The molecule has 1 aromatic rings. The van der Waals surface area contributed by atoms with E-state index in [1.807, 2.05) is 13.8 Å². The number of hydrogen-bond donors (Lipinski definition) is 1. The first-order valence-electron chi connectivity index (χ1n) is 8.26. The summed E-state index contributed by atoms with van der Waals surface area (Å²) in [6, 6.07) is 3.76. The van der Waals surface area contributed by atoms with Crippen molar-refractivity contribution in [2.24, 2.45) is 17.3 Å². The molecule has 2 atom stereocenters. The molecule has 1 saturated carbocycles. The van der Waals surface area contributed by atoms with Crippen LogP contribution in [-0.2, 0) is 19.6 Å². The molecule has 1 aromatic carbocycles. The highest BCUT2D eigenvalue weighted by atomic mass is 35.5. The van der Waals surface area contributed by atoms with Crippen molar-refractivity contribution in [3.8, 4) is 0 Å². The Kier molecular flexibility index (Phi) is 5.82. The zero-order valence-corrected chi connectivity index (χ0v) is 16.5. The third-order valence-corrected chi connectivity index (χ3v) is 6.57. The standard InChI is InChI=1S/C18H22ClNO5S/c1-5-13-10-18(13,11(3)4)17(22)20-26(23,24)15-9-12(7-8-14(15)19)16(21)25-6-2/h5,7-9,11,13H,1,6,10H2,2-4H3,(H,20,22)/t13-,18-/m1/s1. The number of sulfonamides is 1. The van der Waals surface area contributed by atoms with Crippen molar-refractivity contribution in [2.75, 3.05) is 6.61 Å². The van der Waals surface area contributed by atoms with E-state index in [2.05, 4.69) is 11.3 Å². The van der Waals surface area contributed by atoms with Gasteiger partial charge in [0, 0.05) is 0 Å². The zero-order chi connectivity index (χ0) is 19.7. The average molecular weight is 400 g/mol. The molecule has 0 aliphatic heterocycles.